The number of carbonyl (C=O) groups is 3. The molecular formula is C28H30N4O5. The number of rotatable bonds is 8. The van der Waals surface area contributed by atoms with Gasteiger partial charge in [0.15, 0.2) is 0 Å². The summed E-state index contributed by atoms with van der Waals surface area (Å²) >= 11 is 0. The molecule has 2 heterocycles. The smallest absolute Gasteiger partial charge is 0.337 e. The third-order valence-corrected chi connectivity index (χ3v) is 6.46. The minimum Gasteiger partial charge on any atom is -0.507 e. The van der Waals surface area contributed by atoms with Crippen LogP contribution in [0.4, 0.5) is 0 Å². The summed E-state index contributed by atoms with van der Waals surface area (Å²) < 4.78 is 6.45. The first kappa shape index (κ1) is 25.8. The Morgan fingerprint density at radius 2 is 1.76 bits per heavy atom. The van der Waals surface area contributed by atoms with Crippen molar-refractivity contribution in [1.82, 2.24) is 19.6 Å². The van der Waals surface area contributed by atoms with Crippen molar-refractivity contribution in [2.45, 2.75) is 19.4 Å². The molecule has 1 aliphatic heterocycles. The van der Waals surface area contributed by atoms with Crippen LogP contribution in [0.15, 0.2) is 66.4 Å². The van der Waals surface area contributed by atoms with Gasteiger partial charge in [0.25, 0.3) is 11.7 Å². The molecule has 1 aromatic heterocycles. The van der Waals surface area contributed by atoms with Gasteiger partial charge in [-0.15, -0.1) is 0 Å². The fraction of sp³-hybridized carbons (Fsp3) is 0.286. The van der Waals surface area contributed by atoms with Crippen molar-refractivity contribution in [3.05, 3.63) is 88.8 Å². The summed E-state index contributed by atoms with van der Waals surface area (Å²) in [6.07, 6.45) is 2.14. The Morgan fingerprint density at radius 1 is 1.08 bits per heavy atom. The second-order valence-corrected chi connectivity index (χ2v) is 9.15. The molecule has 0 bridgehead atoms. The van der Waals surface area contributed by atoms with E-state index in [9.17, 15) is 19.5 Å². The van der Waals surface area contributed by atoms with Gasteiger partial charge in [0, 0.05) is 6.54 Å². The molecule has 192 valence electrons. The van der Waals surface area contributed by atoms with Crippen LogP contribution in [0.1, 0.15) is 39.6 Å². The molecule has 1 saturated heterocycles. The van der Waals surface area contributed by atoms with Crippen molar-refractivity contribution in [3.63, 3.8) is 0 Å². The number of Topliss-reactive ketones (excluding diaryl/α,β-unsaturated/α-hetero) is 1. The predicted molar refractivity (Wildman–Crippen MR) is 138 cm³/mol. The van der Waals surface area contributed by atoms with Crippen LogP contribution in [0.5, 0.6) is 0 Å². The van der Waals surface area contributed by atoms with E-state index in [0.717, 1.165) is 12.2 Å². The average molecular weight is 503 g/mol. The van der Waals surface area contributed by atoms with E-state index in [2.05, 4.69) is 5.10 Å². The van der Waals surface area contributed by atoms with Crippen LogP contribution in [-0.4, -0.2) is 76.6 Å². The van der Waals surface area contributed by atoms with Gasteiger partial charge in [0.2, 0.25) is 0 Å². The Balaban J connectivity index is 1.81. The summed E-state index contributed by atoms with van der Waals surface area (Å²) in [5.74, 6) is -2.20. The van der Waals surface area contributed by atoms with Crippen molar-refractivity contribution in [2.24, 2.45) is 0 Å². The normalized spacial score (nSPS) is 17.0. The lowest BCUT2D eigenvalue weighted by molar-refractivity contribution is -0.139. The maximum absolute atomic E-state index is 13.3. The molecule has 1 N–H and O–H groups in total. The van der Waals surface area contributed by atoms with E-state index in [4.69, 9.17) is 4.74 Å². The number of carbonyl (C=O) groups excluding carboxylic acids is 3. The van der Waals surface area contributed by atoms with Crippen molar-refractivity contribution in [2.75, 3.05) is 34.3 Å². The van der Waals surface area contributed by atoms with Crippen LogP contribution in [0.2, 0.25) is 0 Å². The Morgan fingerprint density at radius 3 is 2.38 bits per heavy atom. The molecule has 4 rings (SSSR count). The number of likely N-dealkylation sites (tertiary alicyclic amines) is 1. The number of benzene rings is 2. The van der Waals surface area contributed by atoms with E-state index in [1.807, 2.05) is 49.3 Å². The lowest BCUT2D eigenvalue weighted by Crippen LogP contribution is -2.32. The van der Waals surface area contributed by atoms with Gasteiger partial charge in [0.1, 0.15) is 5.76 Å². The molecule has 0 unspecified atom stereocenters. The number of aliphatic hydroxyl groups is 1. The van der Waals surface area contributed by atoms with Crippen LogP contribution in [0.3, 0.4) is 0 Å². The zero-order valence-corrected chi connectivity index (χ0v) is 21.3. The number of nitrogens with zero attached hydrogens (tertiary/aromatic N) is 4. The molecule has 1 atom stereocenters. The molecule has 37 heavy (non-hydrogen) atoms. The number of para-hydroxylation sites is 1. The molecular weight excluding hydrogens is 472 g/mol. The SMILES string of the molecule is COC(=O)c1ccc([C@@H]2C(=C(O)c3cnn(-c4ccccc4)c3C)C(=O)C(=O)N2CCCN(C)C)cc1. The topological polar surface area (TPSA) is 105 Å². The van der Waals surface area contributed by atoms with E-state index < -0.39 is 23.7 Å². The van der Waals surface area contributed by atoms with Gasteiger partial charge in [-0.25, -0.2) is 9.48 Å². The van der Waals surface area contributed by atoms with Crippen LogP contribution in [0, 0.1) is 6.92 Å². The van der Waals surface area contributed by atoms with Gasteiger partial charge >= 0.3 is 5.97 Å². The Bertz CT molecular complexity index is 1340. The number of aromatic nitrogens is 2. The average Bonchev–Trinajstić information content (AvgIpc) is 3.41. The van der Waals surface area contributed by atoms with Crippen LogP contribution in [0.25, 0.3) is 11.4 Å². The Labute approximate surface area is 215 Å². The third-order valence-electron chi connectivity index (χ3n) is 6.46. The number of aliphatic hydroxyl groups excluding tert-OH is 1. The van der Waals surface area contributed by atoms with E-state index in [-0.39, 0.29) is 11.3 Å². The summed E-state index contributed by atoms with van der Waals surface area (Å²) in [6.45, 7) is 2.84. The first-order valence-corrected chi connectivity index (χ1v) is 12.0. The molecule has 0 radical (unpaired) electrons. The van der Waals surface area contributed by atoms with Crippen molar-refractivity contribution in [1.29, 1.82) is 0 Å². The Hall–Kier alpha value is -4.24. The molecule has 0 spiro atoms. The van der Waals surface area contributed by atoms with Crippen LogP contribution < -0.4 is 0 Å². The summed E-state index contributed by atoms with van der Waals surface area (Å²) in [5, 5.41) is 15.8. The number of ether oxygens (including phenoxy) is 1. The molecule has 0 aliphatic carbocycles. The number of hydrogen-bond acceptors (Lipinski definition) is 7. The minimum atomic E-state index is -0.812. The maximum Gasteiger partial charge on any atom is 0.337 e. The van der Waals surface area contributed by atoms with Crippen molar-refractivity contribution < 1.29 is 24.2 Å². The molecule has 1 amide bonds. The predicted octanol–water partition coefficient (Wildman–Crippen LogP) is 3.34. The van der Waals surface area contributed by atoms with Gasteiger partial charge in [-0.1, -0.05) is 30.3 Å². The summed E-state index contributed by atoms with van der Waals surface area (Å²) in [7, 11) is 5.17. The molecule has 1 aliphatic rings. The van der Waals surface area contributed by atoms with Gasteiger partial charge in [-0.3, -0.25) is 9.59 Å². The zero-order chi connectivity index (χ0) is 26.7. The monoisotopic (exact) mass is 502 g/mol. The molecule has 9 heteroatoms. The number of methoxy groups -OCH3 is 1. The van der Waals surface area contributed by atoms with E-state index >= 15 is 0 Å². The highest BCUT2D eigenvalue weighted by atomic mass is 16.5. The summed E-state index contributed by atoms with van der Waals surface area (Å²) in [5.41, 5.74) is 2.74. The second kappa shape index (κ2) is 10.8. The maximum atomic E-state index is 13.3. The van der Waals surface area contributed by atoms with Crippen LogP contribution in [-0.2, 0) is 14.3 Å². The number of esters is 1. The second-order valence-electron chi connectivity index (χ2n) is 9.15. The third kappa shape index (κ3) is 5.03. The van der Waals surface area contributed by atoms with Gasteiger partial charge < -0.3 is 19.6 Å². The summed E-state index contributed by atoms with van der Waals surface area (Å²) in [4.78, 5) is 41.9. The Kier molecular flexibility index (Phi) is 7.54. The molecule has 0 saturated carbocycles. The first-order chi connectivity index (χ1) is 17.7. The molecule has 1 fully saturated rings. The van der Waals surface area contributed by atoms with Gasteiger partial charge in [-0.05, 0) is 63.8 Å². The van der Waals surface area contributed by atoms with E-state index in [1.165, 1.54) is 18.2 Å². The van der Waals surface area contributed by atoms with E-state index in [0.29, 0.717) is 35.3 Å². The quantitative estimate of drug-likeness (QED) is 0.218. The number of hydrogen-bond donors (Lipinski definition) is 1. The number of ketones is 1. The largest absolute Gasteiger partial charge is 0.507 e. The molecule has 2 aromatic carbocycles. The standard InChI is InChI=1S/C28H30N4O5/c1-18-22(17-29-32(18)21-9-6-5-7-10-21)25(33)23-24(19-11-13-20(14-12-19)28(36)37-4)31(27(35)26(23)34)16-8-15-30(2)3/h5-7,9-14,17,24,33H,8,15-16H2,1-4H3/t24-/m1/s1. The van der Waals surface area contributed by atoms with Gasteiger partial charge in [0.05, 0.1) is 47.4 Å². The van der Waals surface area contributed by atoms with E-state index in [1.54, 1.807) is 35.9 Å². The minimum absolute atomic E-state index is 0.00335. The highest BCUT2D eigenvalue weighted by Gasteiger charge is 2.46. The number of amides is 1. The highest BCUT2D eigenvalue weighted by Crippen LogP contribution is 2.40. The van der Waals surface area contributed by atoms with Crippen molar-refractivity contribution in [3.8, 4) is 5.69 Å². The first-order valence-electron chi connectivity index (χ1n) is 12.0. The summed E-state index contributed by atoms with van der Waals surface area (Å²) in [6, 6.07) is 15.1. The fourth-order valence-electron chi connectivity index (χ4n) is 4.55. The zero-order valence-electron chi connectivity index (χ0n) is 21.3. The lowest BCUT2D eigenvalue weighted by atomic mass is 9.94. The van der Waals surface area contributed by atoms with Crippen LogP contribution >= 0.6 is 0 Å². The lowest BCUT2D eigenvalue weighted by Gasteiger charge is -2.26. The van der Waals surface area contributed by atoms with Gasteiger partial charge in [-0.2, -0.15) is 5.10 Å². The molecule has 3 aromatic rings. The highest BCUT2D eigenvalue weighted by molar-refractivity contribution is 6.46. The molecule has 9 nitrogen and oxygen atoms in total. The van der Waals surface area contributed by atoms with Crippen molar-refractivity contribution >= 4 is 23.4 Å². The fourth-order valence-corrected chi connectivity index (χ4v) is 4.55.